The lowest BCUT2D eigenvalue weighted by atomic mass is 10.3. The van der Waals surface area contributed by atoms with E-state index in [2.05, 4.69) is 26.2 Å². The van der Waals surface area contributed by atoms with E-state index < -0.39 is 0 Å². The maximum atomic E-state index is 13.5. The lowest BCUT2D eigenvalue weighted by molar-refractivity contribution is 0.629. The lowest BCUT2D eigenvalue weighted by Crippen LogP contribution is -2.09. The third-order valence-electron chi connectivity index (χ3n) is 2.52. The molecule has 90 valence electrons. The van der Waals surface area contributed by atoms with Gasteiger partial charge in [0.2, 0.25) is 0 Å². The highest BCUT2D eigenvalue weighted by Crippen LogP contribution is 2.19. The van der Waals surface area contributed by atoms with Crippen molar-refractivity contribution in [2.75, 3.05) is 11.9 Å². The summed E-state index contributed by atoms with van der Waals surface area (Å²) in [5.74, 6) is 0.731. The molecule has 2 rings (SSSR count). The van der Waals surface area contributed by atoms with Gasteiger partial charge in [-0.3, -0.25) is 0 Å². The highest BCUT2D eigenvalue weighted by Gasteiger charge is 2.03. The van der Waals surface area contributed by atoms with Crippen LogP contribution in [0.3, 0.4) is 0 Å². The zero-order valence-corrected chi connectivity index (χ0v) is 11.0. The Balaban J connectivity index is 1.92. The molecule has 0 saturated carbocycles. The van der Waals surface area contributed by atoms with Crippen LogP contribution in [0.5, 0.6) is 0 Å². The second kappa shape index (κ2) is 5.31. The molecule has 1 N–H and O–H groups in total. The largest absolute Gasteiger partial charge is 0.382 e. The summed E-state index contributed by atoms with van der Waals surface area (Å²) in [4.78, 5) is 4.21. The summed E-state index contributed by atoms with van der Waals surface area (Å²) in [6, 6.07) is 4.98. The second-order valence-electron chi connectivity index (χ2n) is 3.76. The van der Waals surface area contributed by atoms with Crippen molar-refractivity contribution in [2.45, 2.75) is 6.42 Å². The molecular weight excluding hydrogens is 285 g/mol. The van der Waals surface area contributed by atoms with Gasteiger partial charge in [-0.15, -0.1) is 0 Å². The van der Waals surface area contributed by atoms with Gasteiger partial charge in [-0.1, -0.05) is 15.9 Å². The van der Waals surface area contributed by atoms with E-state index in [0.29, 0.717) is 12.2 Å². The molecule has 17 heavy (non-hydrogen) atoms. The number of hydrogen-bond donors (Lipinski definition) is 1. The van der Waals surface area contributed by atoms with Crippen LogP contribution in [0.25, 0.3) is 0 Å². The highest BCUT2D eigenvalue weighted by molar-refractivity contribution is 9.10. The van der Waals surface area contributed by atoms with Crippen molar-refractivity contribution in [3.8, 4) is 0 Å². The van der Waals surface area contributed by atoms with Gasteiger partial charge < -0.3 is 9.88 Å². The van der Waals surface area contributed by atoms with Crippen molar-refractivity contribution in [3.05, 3.63) is 46.7 Å². The number of anilines is 1. The van der Waals surface area contributed by atoms with Gasteiger partial charge in [-0.25, -0.2) is 9.37 Å². The van der Waals surface area contributed by atoms with E-state index in [-0.39, 0.29) is 5.82 Å². The van der Waals surface area contributed by atoms with E-state index >= 15 is 0 Å². The molecule has 0 radical (unpaired) electrons. The molecule has 1 heterocycles. The van der Waals surface area contributed by atoms with Crippen LogP contribution in [0.2, 0.25) is 0 Å². The van der Waals surface area contributed by atoms with Crippen molar-refractivity contribution in [1.29, 1.82) is 0 Å². The fourth-order valence-corrected chi connectivity index (χ4v) is 1.91. The maximum absolute atomic E-state index is 13.5. The zero-order chi connectivity index (χ0) is 12.3. The summed E-state index contributed by atoms with van der Waals surface area (Å²) in [6.45, 7) is 0.656. The summed E-state index contributed by atoms with van der Waals surface area (Å²) in [6.07, 6.45) is 4.42. The van der Waals surface area contributed by atoms with Gasteiger partial charge in [-0.05, 0) is 18.2 Å². The molecule has 5 heteroatoms. The third-order valence-corrected chi connectivity index (χ3v) is 3.01. The molecule has 3 nitrogen and oxygen atoms in total. The first-order chi connectivity index (χ1) is 8.16. The molecule has 2 aromatic rings. The third kappa shape index (κ3) is 3.06. The monoisotopic (exact) mass is 297 g/mol. The van der Waals surface area contributed by atoms with Gasteiger partial charge in [0.25, 0.3) is 0 Å². The Kier molecular flexibility index (Phi) is 3.78. The normalized spacial score (nSPS) is 10.5. The first-order valence-corrected chi connectivity index (χ1v) is 6.11. The average molecular weight is 298 g/mol. The van der Waals surface area contributed by atoms with E-state index in [1.54, 1.807) is 12.3 Å². The quantitative estimate of drug-likeness (QED) is 0.940. The van der Waals surface area contributed by atoms with E-state index in [4.69, 9.17) is 0 Å². The van der Waals surface area contributed by atoms with Crippen LogP contribution in [0, 0.1) is 5.82 Å². The Hall–Kier alpha value is -1.36. The summed E-state index contributed by atoms with van der Waals surface area (Å²) in [5, 5.41) is 3.06. The molecule has 0 atom stereocenters. The van der Waals surface area contributed by atoms with Crippen molar-refractivity contribution in [3.63, 3.8) is 0 Å². The molecule has 0 bridgehead atoms. The Morgan fingerprint density at radius 1 is 1.47 bits per heavy atom. The number of imidazole rings is 1. The van der Waals surface area contributed by atoms with Gasteiger partial charge >= 0.3 is 0 Å². The summed E-state index contributed by atoms with van der Waals surface area (Å²) < 4.78 is 16.2. The molecule has 0 unspecified atom stereocenters. The Labute approximate surface area is 108 Å². The molecule has 0 amide bonds. The minimum absolute atomic E-state index is 0.251. The van der Waals surface area contributed by atoms with E-state index in [0.717, 1.165) is 16.7 Å². The Morgan fingerprint density at radius 2 is 2.29 bits per heavy atom. The van der Waals surface area contributed by atoms with Crippen LogP contribution in [0.4, 0.5) is 10.1 Å². The summed E-state index contributed by atoms with van der Waals surface area (Å²) >= 11 is 3.22. The fraction of sp³-hybridized carbons (Fsp3) is 0.250. The molecular formula is C12H13BrFN3. The lowest BCUT2D eigenvalue weighted by Gasteiger charge is -2.07. The van der Waals surface area contributed by atoms with Gasteiger partial charge in [0.05, 0.1) is 5.69 Å². The Morgan fingerprint density at radius 3 is 2.94 bits per heavy atom. The minimum Gasteiger partial charge on any atom is -0.382 e. The molecule has 1 aromatic carbocycles. The smallest absolute Gasteiger partial charge is 0.147 e. The van der Waals surface area contributed by atoms with Crippen molar-refractivity contribution in [2.24, 2.45) is 7.05 Å². The van der Waals surface area contributed by atoms with Crippen molar-refractivity contribution in [1.82, 2.24) is 9.55 Å². The predicted molar refractivity (Wildman–Crippen MR) is 69.5 cm³/mol. The van der Waals surface area contributed by atoms with Gasteiger partial charge in [-0.2, -0.15) is 0 Å². The number of nitrogens with one attached hydrogen (secondary N) is 1. The highest BCUT2D eigenvalue weighted by atomic mass is 79.9. The summed E-state index contributed by atoms with van der Waals surface area (Å²) in [7, 11) is 1.95. The van der Waals surface area contributed by atoms with Gasteiger partial charge in [0.15, 0.2) is 0 Å². The standard InChI is InChI=1S/C12H13BrFN3/c1-17-7-6-16-12(17)4-5-15-11-3-2-9(13)8-10(11)14/h2-3,6-8,15H,4-5H2,1H3. The number of nitrogens with zero attached hydrogens (tertiary/aromatic N) is 2. The molecule has 1 aromatic heterocycles. The molecule has 0 aliphatic rings. The summed E-state index contributed by atoms with van der Waals surface area (Å²) in [5.41, 5.74) is 0.516. The molecule has 0 aliphatic carbocycles. The molecule has 0 spiro atoms. The van der Waals surface area contributed by atoms with Gasteiger partial charge in [0.1, 0.15) is 11.6 Å². The molecule has 0 fully saturated rings. The molecule has 0 saturated heterocycles. The number of halogens is 2. The predicted octanol–water partition coefficient (Wildman–Crippen LogP) is 2.98. The number of benzene rings is 1. The van der Waals surface area contributed by atoms with Crippen LogP contribution in [-0.4, -0.2) is 16.1 Å². The number of rotatable bonds is 4. The topological polar surface area (TPSA) is 29.9 Å². The Bertz CT molecular complexity index is 510. The van der Waals surface area contributed by atoms with E-state index in [1.165, 1.54) is 6.07 Å². The maximum Gasteiger partial charge on any atom is 0.147 e. The van der Waals surface area contributed by atoms with Crippen molar-refractivity contribution >= 4 is 21.6 Å². The van der Waals surface area contributed by atoms with Crippen LogP contribution in [0.1, 0.15) is 5.82 Å². The van der Waals surface area contributed by atoms with E-state index in [1.807, 2.05) is 23.9 Å². The van der Waals surface area contributed by atoms with Crippen LogP contribution in [0.15, 0.2) is 35.1 Å². The number of aromatic nitrogens is 2. The first kappa shape index (κ1) is 12.1. The minimum atomic E-state index is -0.251. The van der Waals surface area contributed by atoms with Crippen LogP contribution in [-0.2, 0) is 13.5 Å². The average Bonchev–Trinajstić information content (AvgIpc) is 2.68. The SMILES string of the molecule is Cn1ccnc1CCNc1ccc(Br)cc1F. The molecule has 0 aliphatic heterocycles. The van der Waals surface area contributed by atoms with Crippen molar-refractivity contribution < 1.29 is 4.39 Å². The number of hydrogen-bond acceptors (Lipinski definition) is 2. The second-order valence-corrected chi connectivity index (χ2v) is 4.67. The van der Waals surface area contributed by atoms with Crippen LogP contribution < -0.4 is 5.32 Å². The fourth-order valence-electron chi connectivity index (χ4n) is 1.58. The zero-order valence-electron chi connectivity index (χ0n) is 9.45. The number of aryl methyl sites for hydroxylation is 1. The van der Waals surface area contributed by atoms with Gasteiger partial charge in [0, 0.05) is 36.9 Å². The van der Waals surface area contributed by atoms with E-state index in [9.17, 15) is 4.39 Å². The first-order valence-electron chi connectivity index (χ1n) is 5.32. The van der Waals surface area contributed by atoms with Crippen LogP contribution >= 0.6 is 15.9 Å².